The lowest BCUT2D eigenvalue weighted by Crippen LogP contribution is -2.11. The highest BCUT2D eigenvalue weighted by atomic mass is 35.5. The van der Waals surface area contributed by atoms with Gasteiger partial charge in [0.1, 0.15) is 5.76 Å². The van der Waals surface area contributed by atoms with Crippen LogP contribution in [0.2, 0.25) is 10.0 Å². The number of furan rings is 1. The maximum atomic E-state index is 13.1. The molecule has 1 aromatic heterocycles. The first-order valence-corrected chi connectivity index (χ1v) is 6.38. The van der Waals surface area contributed by atoms with Crippen LogP contribution in [0.3, 0.4) is 0 Å². The average molecular weight is 321 g/mol. The fourth-order valence-corrected chi connectivity index (χ4v) is 2.26. The number of hydrogen-bond acceptors (Lipinski definition) is 1. The Balaban J connectivity index is 2.39. The summed E-state index contributed by atoms with van der Waals surface area (Å²) >= 11 is 11.5. The smallest absolute Gasteiger partial charge is 0.416 e. The van der Waals surface area contributed by atoms with E-state index >= 15 is 0 Å². The van der Waals surface area contributed by atoms with E-state index in [-0.39, 0.29) is 22.0 Å². The zero-order valence-corrected chi connectivity index (χ0v) is 11.6. The summed E-state index contributed by atoms with van der Waals surface area (Å²) in [4.78, 5) is 0. The molecule has 0 aliphatic carbocycles. The summed E-state index contributed by atoms with van der Waals surface area (Å²) in [5, 5.41) is 0.307. The molecule has 0 spiro atoms. The highest BCUT2D eigenvalue weighted by Crippen LogP contribution is 2.36. The van der Waals surface area contributed by atoms with Crippen LogP contribution in [0.5, 0.6) is 0 Å². The van der Waals surface area contributed by atoms with Gasteiger partial charge < -0.3 is 4.42 Å². The first kappa shape index (κ1) is 15.0. The van der Waals surface area contributed by atoms with Gasteiger partial charge in [0.2, 0.25) is 0 Å². The second kappa shape index (κ2) is 5.94. The molecule has 2 rings (SSSR count). The average Bonchev–Trinajstić information content (AvgIpc) is 2.79. The highest BCUT2D eigenvalue weighted by molar-refractivity contribution is 6.34. The summed E-state index contributed by atoms with van der Waals surface area (Å²) in [6.45, 7) is 0. The first-order valence-electron chi connectivity index (χ1n) is 5.62. The van der Waals surface area contributed by atoms with Gasteiger partial charge in [0.15, 0.2) is 0 Å². The van der Waals surface area contributed by atoms with Crippen LogP contribution >= 0.6 is 23.2 Å². The number of hydrogen-bond donors (Lipinski definition) is 0. The molecule has 0 bridgehead atoms. The number of benzene rings is 1. The van der Waals surface area contributed by atoms with Gasteiger partial charge in [-0.3, -0.25) is 0 Å². The minimum absolute atomic E-state index is 0.0337. The van der Waals surface area contributed by atoms with Gasteiger partial charge in [0, 0.05) is 16.5 Å². The summed E-state index contributed by atoms with van der Waals surface area (Å²) in [7, 11) is 0. The quantitative estimate of drug-likeness (QED) is 0.699. The highest BCUT2D eigenvalue weighted by Gasteiger charge is 2.34. The molecule has 2 aromatic rings. The Labute approximate surface area is 123 Å². The zero-order chi connectivity index (χ0) is 14.8. The monoisotopic (exact) mass is 320 g/mol. The molecule has 0 N–H and O–H groups in total. The van der Waals surface area contributed by atoms with Crippen LogP contribution in [0.1, 0.15) is 11.3 Å². The third-order valence-electron chi connectivity index (χ3n) is 2.57. The predicted molar refractivity (Wildman–Crippen MR) is 72.9 cm³/mol. The van der Waals surface area contributed by atoms with Crippen molar-refractivity contribution in [3.63, 3.8) is 0 Å². The first-order chi connectivity index (χ1) is 9.36. The Bertz CT molecular complexity index is 596. The molecule has 0 saturated heterocycles. The zero-order valence-electron chi connectivity index (χ0n) is 10.0. The van der Waals surface area contributed by atoms with Crippen molar-refractivity contribution in [1.82, 2.24) is 0 Å². The molecule has 0 unspecified atom stereocenters. The van der Waals surface area contributed by atoms with Gasteiger partial charge >= 0.3 is 6.18 Å². The van der Waals surface area contributed by atoms with Crippen LogP contribution in [0.25, 0.3) is 5.57 Å². The molecule has 0 fully saturated rings. The van der Waals surface area contributed by atoms with E-state index in [9.17, 15) is 13.2 Å². The van der Waals surface area contributed by atoms with Crippen molar-refractivity contribution in [3.8, 4) is 0 Å². The van der Waals surface area contributed by atoms with E-state index in [1.807, 2.05) is 0 Å². The minimum atomic E-state index is -4.50. The maximum Gasteiger partial charge on any atom is 0.416 e. The molecule has 0 atom stereocenters. The lowest BCUT2D eigenvalue weighted by atomic mass is 10.0. The summed E-state index contributed by atoms with van der Waals surface area (Å²) in [5.74, 6) is 0.444. The van der Waals surface area contributed by atoms with Crippen LogP contribution in [0.4, 0.5) is 13.2 Å². The topological polar surface area (TPSA) is 13.1 Å². The Hall–Kier alpha value is -1.39. The van der Waals surface area contributed by atoms with Crippen molar-refractivity contribution in [1.29, 1.82) is 0 Å². The molecule has 1 heterocycles. The fourth-order valence-electron chi connectivity index (χ4n) is 1.74. The SMILES string of the molecule is FC(F)(F)/C(=C/Cc1ccco1)c1cc(Cl)cc(Cl)c1. The molecular weight excluding hydrogens is 312 g/mol. The number of allylic oxidation sites excluding steroid dienone is 2. The van der Waals surface area contributed by atoms with E-state index in [0.29, 0.717) is 5.76 Å². The van der Waals surface area contributed by atoms with E-state index in [4.69, 9.17) is 27.6 Å². The van der Waals surface area contributed by atoms with Crippen molar-refractivity contribution in [2.24, 2.45) is 0 Å². The third-order valence-corrected chi connectivity index (χ3v) is 3.00. The van der Waals surface area contributed by atoms with Crippen LogP contribution < -0.4 is 0 Å². The van der Waals surface area contributed by atoms with E-state index in [1.165, 1.54) is 24.5 Å². The molecule has 0 amide bonds. The number of rotatable bonds is 3. The molecular formula is C14H9Cl2F3O. The third kappa shape index (κ3) is 3.81. The van der Waals surface area contributed by atoms with E-state index in [2.05, 4.69) is 0 Å². The van der Waals surface area contributed by atoms with E-state index < -0.39 is 11.7 Å². The van der Waals surface area contributed by atoms with Gasteiger partial charge in [-0.2, -0.15) is 13.2 Å². The van der Waals surface area contributed by atoms with Gasteiger partial charge in [-0.25, -0.2) is 0 Å². The maximum absolute atomic E-state index is 13.1. The van der Waals surface area contributed by atoms with E-state index in [1.54, 1.807) is 12.1 Å². The van der Waals surface area contributed by atoms with Crippen molar-refractivity contribution in [3.05, 3.63) is 64.0 Å². The van der Waals surface area contributed by atoms with Gasteiger partial charge in [-0.15, -0.1) is 0 Å². The second-order valence-corrected chi connectivity index (χ2v) is 4.93. The van der Waals surface area contributed by atoms with Crippen LogP contribution in [-0.2, 0) is 6.42 Å². The lowest BCUT2D eigenvalue weighted by molar-refractivity contribution is -0.0690. The van der Waals surface area contributed by atoms with Gasteiger partial charge in [0.25, 0.3) is 0 Å². The molecule has 6 heteroatoms. The summed E-state index contributed by atoms with van der Waals surface area (Å²) in [5.41, 5.74) is -0.861. The lowest BCUT2D eigenvalue weighted by Gasteiger charge is -2.13. The Morgan fingerprint density at radius 1 is 1.15 bits per heavy atom. The number of alkyl halides is 3. The van der Waals surface area contributed by atoms with Gasteiger partial charge in [-0.05, 0) is 35.9 Å². The van der Waals surface area contributed by atoms with Crippen molar-refractivity contribution in [2.75, 3.05) is 0 Å². The second-order valence-electron chi connectivity index (χ2n) is 4.06. The molecule has 0 radical (unpaired) electrons. The summed E-state index contributed by atoms with van der Waals surface area (Å²) < 4.78 is 44.4. The van der Waals surface area contributed by atoms with Crippen LogP contribution in [0, 0.1) is 0 Å². The van der Waals surface area contributed by atoms with E-state index in [0.717, 1.165) is 6.08 Å². The number of halogens is 5. The molecule has 106 valence electrons. The van der Waals surface area contributed by atoms with Crippen LogP contribution in [0.15, 0.2) is 47.1 Å². The molecule has 1 nitrogen and oxygen atoms in total. The van der Waals surface area contributed by atoms with Crippen molar-refractivity contribution < 1.29 is 17.6 Å². The predicted octanol–water partition coefficient (Wildman–Crippen LogP) is 5.77. The van der Waals surface area contributed by atoms with Gasteiger partial charge in [-0.1, -0.05) is 29.3 Å². The Morgan fingerprint density at radius 2 is 1.80 bits per heavy atom. The Kier molecular flexibility index (Phi) is 4.45. The standard InChI is InChI=1S/C14H9Cl2F3O/c15-10-6-9(7-11(16)8-10)13(14(17,18)19)4-3-12-2-1-5-20-12/h1-2,4-8H,3H2/b13-4+. The Morgan fingerprint density at radius 3 is 2.30 bits per heavy atom. The molecule has 1 aromatic carbocycles. The van der Waals surface area contributed by atoms with Crippen molar-refractivity contribution >= 4 is 28.8 Å². The molecule has 20 heavy (non-hydrogen) atoms. The van der Waals surface area contributed by atoms with Crippen LogP contribution in [-0.4, -0.2) is 6.18 Å². The molecule has 0 aliphatic rings. The molecule has 0 aliphatic heterocycles. The van der Waals surface area contributed by atoms with Crippen molar-refractivity contribution in [2.45, 2.75) is 12.6 Å². The summed E-state index contributed by atoms with van der Waals surface area (Å²) in [6.07, 6.45) is -2.00. The largest absolute Gasteiger partial charge is 0.469 e. The fraction of sp³-hybridized carbons (Fsp3) is 0.143. The minimum Gasteiger partial charge on any atom is -0.469 e. The summed E-state index contributed by atoms with van der Waals surface area (Å²) in [6, 6.07) is 7.07. The van der Waals surface area contributed by atoms with Gasteiger partial charge in [0.05, 0.1) is 11.8 Å². The molecule has 0 saturated carbocycles. The normalized spacial score (nSPS) is 12.8.